The van der Waals surface area contributed by atoms with Gasteiger partial charge in [0.25, 0.3) is 11.8 Å². The van der Waals surface area contributed by atoms with Crippen molar-refractivity contribution in [2.45, 2.75) is 11.4 Å². The Labute approximate surface area is 148 Å². The van der Waals surface area contributed by atoms with E-state index in [9.17, 15) is 14.4 Å². The van der Waals surface area contributed by atoms with Gasteiger partial charge in [-0.2, -0.15) is 9.36 Å². The Morgan fingerprint density at radius 1 is 1.48 bits per heavy atom. The topological polar surface area (TPSA) is 160 Å². The summed E-state index contributed by atoms with van der Waals surface area (Å²) in [5, 5.41) is 14.1. The van der Waals surface area contributed by atoms with Crippen molar-refractivity contribution in [1.29, 1.82) is 0 Å². The third kappa shape index (κ3) is 2.34. The fraction of sp³-hybridized carbons (Fsp3) is 0.333. The number of cyclic esters (lactones) is 1. The molecule has 0 radical (unpaired) electrons. The minimum absolute atomic E-state index is 0.108. The van der Waals surface area contributed by atoms with Crippen LogP contribution in [0.5, 0.6) is 0 Å². The zero-order valence-electron chi connectivity index (χ0n) is 12.3. The van der Waals surface area contributed by atoms with Crippen LogP contribution in [-0.4, -0.2) is 66.7 Å². The number of nitrogens with two attached hydrogens (primary N) is 1. The molecule has 1 aromatic rings. The van der Waals surface area contributed by atoms with E-state index in [0.717, 1.165) is 17.1 Å². The lowest BCUT2D eigenvalue weighted by Gasteiger charge is -2.48. The van der Waals surface area contributed by atoms with Crippen molar-refractivity contribution in [2.75, 3.05) is 18.1 Å². The van der Waals surface area contributed by atoms with E-state index < -0.39 is 34.9 Å². The van der Waals surface area contributed by atoms with Crippen LogP contribution in [-0.2, 0) is 19.1 Å². The van der Waals surface area contributed by atoms with Gasteiger partial charge in [-0.25, -0.2) is 4.79 Å². The van der Waals surface area contributed by atoms with Crippen molar-refractivity contribution in [2.24, 2.45) is 5.16 Å². The molecule has 1 fully saturated rings. The number of nitrogen functional groups attached to an aromatic ring is 1. The number of ether oxygens (including phenoxy) is 1. The molecule has 0 unspecified atom stereocenters. The molecule has 0 spiro atoms. The summed E-state index contributed by atoms with van der Waals surface area (Å²) in [5.41, 5.74) is 6.04. The van der Waals surface area contributed by atoms with E-state index >= 15 is 0 Å². The fourth-order valence-corrected chi connectivity index (χ4v) is 4.50. The highest BCUT2D eigenvalue weighted by Gasteiger charge is 2.55. The summed E-state index contributed by atoms with van der Waals surface area (Å²) in [5.74, 6) is -1.37. The second-order valence-electron chi connectivity index (χ2n) is 5.29. The van der Waals surface area contributed by atoms with Gasteiger partial charge in [-0.05, 0) is 0 Å². The number of esters is 1. The Balaban J connectivity index is 1.50. The number of fused-ring (bicyclic) bond motifs is 2. The highest BCUT2D eigenvalue weighted by atomic mass is 32.2. The summed E-state index contributed by atoms with van der Waals surface area (Å²) in [6.45, 7) is 0.187. The average Bonchev–Trinajstić information content (AvgIpc) is 3.18. The molecule has 3 aliphatic heterocycles. The van der Waals surface area contributed by atoms with Crippen molar-refractivity contribution in [3.8, 4) is 0 Å². The summed E-state index contributed by atoms with van der Waals surface area (Å²) in [4.78, 5) is 41.5. The van der Waals surface area contributed by atoms with Gasteiger partial charge in [0.2, 0.25) is 11.5 Å². The normalized spacial score (nSPS) is 25.3. The number of carbonyl (C=O) groups is 3. The van der Waals surface area contributed by atoms with Gasteiger partial charge in [-0.15, -0.1) is 11.8 Å². The van der Waals surface area contributed by atoms with E-state index in [-0.39, 0.29) is 23.3 Å². The van der Waals surface area contributed by atoms with E-state index in [0.29, 0.717) is 5.75 Å². The Morgan fingerprint density at radius 2 is 2.28 bits per heavy atom. The van der Waals surface area contributed by atoms with Gasteiger partial charge >= 0.3 is 5.97 Å². The van der Waals surface area contributed by atoms with Gasteiger partial charge in [0.1, 0.15) is 23.7 Å². The minimum Gasteiger partial charge on any atom is -0.456 e. The molecule has 13 heteroatoms. The Hall–Kier alpha value is -2.67. The van der Waals surface area contributed by atoms with E-state index in [4.69, 9.17) is 15.7 Å². The lowest BCUT2D eigenvalue weighted by Crippen LogP contribution is -2.70. The molecule has 1 saturated heterocycles. The van der Waals surface area contributed by atoms with Gasteiger partial charge in [-0.3, -0.25) is 14.5 Å². The van der Waals surface area contributed by atoms with Crippen LogP contribution in [0.3, 0.4) is 0 Å². The van der Waals surface area contributed by atoms with E-state index in [2.05, 4.69) is 19.8 Å². The number of oxime groups is 1. The van der Waals surface area contributed by atoms with Crippen molar-refractivity contribution in [3.63, 3.8) is 0 Å². The van der Waals surface area contributed by atoms with Crippen LogP contribution < -0.4 is 11.1 Å². The maximum atomic E-state index is 12.4. The zero-order valence-corrected chi connectivity index (χ0v) is 14.0. The van der Waals surface area contributed by atoms with Gasteiger partial charge < -0.3 is 21.0 Å². The zero-order chi connectivity index (χ0) is 17.7. The Kier molecular flexibility index (Phi) is 3.61. The van der Waals surface area contributed by atoms with Gasteiger partial charge in [-0.1, -0.05) is 5.16 Å². The molecule has 130 valence electrons. The number of aromatic nitrogens is 2. The monoisotopic (exact) mass is 382 g/mol. The van der Waals surface area contributed by atoms with E-state index in [1.165, 1.54) is 16.7 Å². The van der Waals surface area contributed by atoms with Gasteiger partial charge in [0.05, 0.1) is 0 Å². The van der Waals surface area contributed by atoms with Crippen LogP contribution in [0.1, 0.15) is 5.82 Å². The number of β-lactam (4-membered cyclic amide) rings is 1. The molecule has 4 heterocycles. The molecule has 2 atom stereocenters. The molecule has 3 aliphatic rings. The number of hydrogen-bond donors (Lipinski definition) is 3. The highest BCUT2D eigenvalue weighted by molar-refractivity contribution is 8.00. The predicted molar refractivity (Wildman–Crippen MR) is 85.7 cm³/mol. The molecule has 1 aromatic heterocycles. The lowest BCUT2D eigenvalue weighted by molar-refractivity contribution is -0.150. The molecule has 0 aromatic carbocycles. The van der Waals surface area contributed by atoms with Crippen molar-refractivity contribution in [1.82, 2.24) is 19.6 Å². The third-order valence-corrected chi connectivity index (χ3v) is 5.76. The number of thioether (sulfide) groups is 1. The average molecular weight is 382 g/mol. The minimum atomic E-state index is -0.854. The SMILES string of the molecule is Nc1nc(/C(=N/O)C(=O)N[C@@H]2C(=O)N3C4=C(COC4=O)CS[C@H]23)ns1. The number of anilines is 1. The van der Waals surface area contributed by atoms with Crippen molar-refractivity contribution in [3.05, 3.63) is 17.1 Å². The largest absolute Gasteiger partial charge is 0.456 e. The molecule has 4 rings (SSSR count). The second-order valence-corrected chi connectivity index (χ2v) is 7.18. The number of amides is 2. The Morgan fingerprint density at radius 3 is 2.96 bits per heavy atom. The van der Waals surface area contributed by atoms with Crippen molar-refractivity contribution < 1.29 is 24.3 Å². The lowest BCUT2D eigenvalue weighted by atomic mass is 10.0. The summed E-state index contributed by atoms with van der Waals surface area (Å²) in [7, 11) is 0. The van der Waals surface area contributed by atoms with Crippen LogP contribution in [0.15, 0.2) is 16.4 Å². The van der Waals surface area contributed by atoms with Crippen LogP contribution in [0.2, 0.25) is 0 Å². The first-order valence-corrected chi connectivity index (χ1v) is 8.79. The molecule has 2 amide bonds. The van der Waals surface area contributed by atoms with Crippen molar-refractivity contribution >= 4 is 51.9 Å². The van der Waals surface area contributed by atoms with Gasteiger partial charge in [0, 0.05) is 22.9 Å². The molecule has 11 nitrogen and oxygen atoms in total. The quantitative estimate of drug-likeness (QED) is 0.186. The number of hydrogen-bond acceptors (Lipinski definition) is 11. The first-order valence-electron chi connectivity index (χ1n) is 6.97. The fourth-order valence-electron chi connectivity index (χ4n) is 2.74. The predicted octanol–water partition coefficient (Wildman–Crippen LogP) is -1.49. The van der Waals surface area contributed by atoms with Crippen LogP contribution >= 0.6 is 23.3 Å². The second kappa shape index (κ2) is 5.70. The van der Waals surface area contributed by atoms with E-state index in [1.807, 2.05) is 0 Å². The van der Waals surface area contributed by atoms with Crippen LogP contribution in [0, 0.1) is 0 Å². The molecule has 25 heavy (non-hydrogen) atoms. The van der Waals surface area contributed by atoms with Crippen LogP contribution in [0.25, 0.3) is 0 Å². The third-order valence-electron chi connectivity index (χ3n) is 3.87. The summed E-state index contributed by atoms with van der Waals surface area (Å²) < 4.78 is 8.74. The molecule has 0 saturated carbocycles. The molecule has 0 aliphatic carbocycles. The standard InChI is InChI=1S/C12H10N6O5S2/c13-12-15-7(17-25-12)4(16-22)8(19)14-5-9(20)18-6-3(1-23-11(6)21)2-24-10(5)18/h5,10,22H,1-2H2,(H,14,19)(H2,13,15,17)/b16-4-/t5-,10-/m1/s1. The molecule has 0 bridgehead atoms. The number of rotatable bonds is 3. The molecule has 4 N–H and O–H groups in total. The van der Waals surface area contributed by atoms with Gasteiger partial charge in [0.15, 0.2) is 5.13 Å². The maximum Gasteiger partial charge on any atom is 0.355 e. The first kappa shape index (κ1) is 15.8. The summed E-state index contributed by atoms with van der Waals surface area (Å²) in [6.07, 6.45) is 0. The molecular weight excluding hydrogens is 372 g/mol. The highest BCUT2D eigenvalue weighted by Crippen LogP contribution is 2.42. The first-order chi connectivity index (χ1) is 12.0. The van der Waals surface area contributed by atoms with E-state index in [1.54, 1.807) is 0 Å². The Bertz CT molecular complexity index is 864. The number of carbonyl (C=O) groups excluding carboxylic acids is 3. The van der Waals surface area contributed by atoms with Crippen LogP contribution in [0.4, 0.5) is 5.13 Å². The maximum absolute atomic E-state index is 12.4. The summed E-state index contributed by atoms with van der Waals surface area (Å²) in [6, 6.07) is -0.854. The summed E-state index contributed by atoms with van der Waals surface area (Å²) >= 11 is 2.25. The number of nitrogens with zero attached hydrogens (tertiary/aromatic N) is 4. The number of nitrogens with one attached hydrogen (secondary N) is 1. The smallest absolute Gasteiger partial charge is 0.355 e. The molecular formula is C12H10N6O5S2.